The van der Waals surface area contributed by atoms with Crippen molar-refractivity contribution in [1.29, 1.82) is 0 Å². The van der Waals surface area contributed by atoms with Crippen LogP contribution >= 0.6 is 15.9 Å². The topological polar surface area (TPSA) is 66.7 Å². The van der Waals surface area contributed by atoms with Gasteiger partial charge in [-0.15, -0.1) is 0 Å². The Morgan fingerprint density at radius 1 is 1.39 bits per heavy atom. The smallest absolute Gasteiger partial charge is 0.292 e. The van der Waals surface area contributed by atoms with Crippen molar-refractivity contribution in [3.63, 3.8) is 0 Å². The summed E-state index contributed by atoms with van der Waals surface area (Å²) >= 11 is 3.26. The maximum absolute atomic E-state index is 11.6. The summed E-state index contributed by atoms with van der Waals surface area (Å²) in [5.74, 6) is -0.119. The average molecular weight is 316 g/mol. The Balaban J connectivity index is 3.04. The molecule has 0 spiro atoms. The number of nitro groups is 1. The van der Waals surface area contributed by atoms with Crippen molar-refractivity contribution >= 4 is 33.2 Å². The number of rotatable bonds is 4. The van der Waals surface area contributed by atoms with E-state index in [9.17, 15) is 14.9 Å². The van der Waals surface area contributed by atoms with Gasteiger partial charge in [0.25, 0.3) is 5.69 Å². The summed E-state index contributed by atoms with van der Waals surface area (Å²) in [6.45, 7) is 0.0876. The molecule has 1 aromatic rings. The van der Waals surface area contributed by atoms with E-state index in [2.05, 4.69) is 15.9 Å². The summed E-state index contributed by atoms with van der Waals surface area (Å²) in [6.07, 6.45) is 0. The van der Waals surface area contributed by atoms with Crippen LogP contribution < -0.4 is 4.90 Å². The minimum absolute atomic E-state index is 0.0211. The molecule has 1 amide bonds. The van der Waals surface area contributed by atoms with Gasteiger partial charge < -0.3 is 9.80 Å². The fraction of sp³-hybridized carbons (Fsp3) is 0.364. The first-order valence-electron chi connectivity index (χ1n) is 5.18. The molecule has 0 aliphatic carbocycles. The van der Waals surface area contributed by atoms with Crippen molar-refractivity contribution in [2.45, 2.75) is 0 Å². The predicted octanol–water partition coefficient (Wildman–Crippen LogP) is 1.88. The lowest BCUT2D eigenvalue weighted by molar-refractivity contribution is -0.384. The molecule has 0 saturated heterocycles. The van der Waals surface area contributed by atoms with E-state index in [0.717, 1.165) is 4.47 Å². The molecule has 0 fully saturated rings. The first-order valence-corrected chi connectivity index (χ1v) is 5.97. The van der Waals surface area contributed by atoms with E-state index < -0.39 is 4.92 Å². The van der Waals surface area contributed by atoms with Gasteiger partial charge in [0.15, 0.2) is 0 Å². The summed E-state index contributed by atoms with van der Waals surface area (Å²) in [5, 5.41) is 10.9. The minimum atomic E-state index is -0.460. The maximum Gasteiger partial charge on any atom is 0.292 e. The van der Waals surface area contributed by atoms with Crippen molar-refractivity contribution in [3.8, 4) is 0 Å². The molecular formula is C11H14BrN3O3. The lowest BCUT2D eigenvalue weighted by Crippen LogP contribution is -2.34. The number of halogens is 1. The van der Waals surface area contributed by atoms with Crippen LogP contribution in [0.3, 0.4) is 0 Å². The Bertz CT molecular complexity index is 477. The number of hydrogen-bond donors (Lipinski definition) is 0. The molecule has 98 valence electrons. The number of carbonyl (C=O) groups is 1. The highest BCUT2D eigenvalue weighted by atomic mass is 79.9. The Labute approximate surface area is 113 Å². The van der Waals surface area contributed by atoms with E-state index in [1.165, 1.54) is 11.0 Å². The summed E-state index contributed by atoms with van der Waals surface area (Å²) in [5.41, 5.74) is 0.386. The first kappa shape index (κ1) is 14.4. The van der Waals surface area contributed by atoms with Crippen LogP contribution in [-0.4, -0.2) is 43.4 Å². The largest absolute Gasteiger partial charge is 0.360 e. The van der Waals surface area contributed by atoms with Gasteiger partial charge in [-0.1, -0.05) is 15.9 Å². The second-order valence-corrected chi connectivity index (χ2v) is 4.95. The molecule has 0 N–H and O–H groups in total. The zero-order chi connectivity index (χ0) is 13.9. The van der Waals surface area contributed by atoms with Gasteiger partial charge in [0.1, 0.15) is 5.69 Å². The molecule has 1 rings (SSSR count). The highest BCUT2D eigenvalue weighted by molar-refractivity contribution is 9.10. The van der Waals surface area contributed by atoms with Gasteiger partial charge in [-0.2, -0.15) is 0 Å². The van der Waals surface area contributed by atoms with Gasteiger partial charge in [-0.05, 0) is 12.1 Å². The second kappa shape index (κ2) is 5.81. The predicted molar refractivity (Wildman–Crippen MR) is 72.8 cm³/mol. The van der Waals surface area contributed by atoms with Crippen LogP contribution in [0, 0.1) is 10.1 Å². The monoisotopic (exact) mass is 315 g/mol. The van der Waals surface area contributed by atoms with Crippen LogP contribution in [0.4, 0.5) is 11.4 Å². The number of nitro benzene ring substituents is 1. The van der Waals surface area contributed by atoms with Gasteiger partial charge in [0.2, 0.25) is 5.91 Å². The number of likely N-dealkylation sites (N-methyl/N-ethyl adjacent to an activating group) is 2. The highest BCUT2D eigenvalue weighted by Crippen LogP contribution is 2.30. The zero-order valence-corrected chi connectivity index (χ0v) is 12.0. The molecule has 0 aliphatic rings. The van der Waals surface area contributed by atoms with E-state index in [-0.39, 0.29) is 18.1 Å². The Morgan fingerprint density at radius 2 is 2.00 bits per heavy atom. The molecule has 0 aromatic heterocycles. The molecule has 1 aromatic carbocycles. The van der Waals surface area contributed by atoms with Crippen molar-refractivity contribution < 1.29 is 9.72 Å². The molecule has 18 heavy (non-hydrogen) atoms. The van der Waals surface area contributed by atoms with Crippen molar-refractivity contribution in [3.05, 3.63) is 32.8 Å². The molecule has 7 heteroatoms. The normalized spacial score (nSPS) is 10.0. The number of nitrogens with zero attached hydrogens (tertiary/aromatic N) is 3. The van der Waals surface area contributed by atoms with Crippen molar-refractivity contribution in [1.82, 2.24) is 4.90 Å². The lowest BCUT2D eigenvalue weighted by Gasteiger charge is -2.21. The van der Waals surface area contributed by atoms with E-state index in [1.54, 1.807) is 38.2 Å². The summed E-state index contributed by atoms with van der Waals surface area (Å²) in [4.78, 5) is 25.1. The van der Waals surface area contributed by atoms with Gasteiger partial charge in [-0.3, -0.25) is 14.9 Å². The third-order valence-corrected chi connectivity index (χ3v) is 2.91. The number of carbonyl (C=O) groups excluding carboxylic acids is 1. The van der Waals surface area contributed by atoms with Crippen LogP contribution in [0.5, 0.6) is 0 Å². The first-order chi connectivity index (χ1) is 8.32. The molecule has 0 heterocycles. The molecular weight excluding hydrogens is 302 g/mol. The van der Waals surface area contributed by atoms with Crippen LogP contribution in [0.2, 0.25) is 0 Å². The SMILES string of the molecule is CN(C)C(=O)CN(C)c1cc(Br)ccc1[N+](=O)[O-]. The molecule has 0 saturated carbocycles. The molecule has 6 nitrogen and oxygen atoms in total. The highest BCUT2D eigenvalue weighted by Gasteiger charge is 2.19. The molecule has 0 aliphatic heterocycles. The molecule has 0 unspecified atom stereocenters. The Morgan fingerprint density at radius 3 is 2.50 bits per heavy atom. The summed E-state index contributed by atoms with van der Waals surface area (Å²) in [7, 11) is 4.94. The fourth-order valence-electron chi connectivity index (χ4n) is 1.39. The third kappa shape index (κ3) is 3.43. The minimum Gasteiger partial charge on any atom is -0.360 e. The molecule has 0 atom stereocenters. The van der Waals surface area contributed by atoms with E-state index in [0.29, 0.717) is 5.69 Å². The lowest BCUT2D eigenvalue weighted by atomic mass is 10.2. The fourth-order valence-corrected chi connectivity index (χ4v) is 1.74. The average Bonchev–Trinajstić information content (AvgIpc) is 2.28. The number of amides is 1. The molecule has 0 radical (unpaired) electrons. The number of anilines is 1. The van der Waals surface area contributed by atoms with Gasteiger partial charge in [0.05, 0.1) is 11.5 Å². The Kier molecular flexibility index (Phi) is 4.66. The van der Waals surface area contributed by atoms with Crippen molar-refractivity contribution in [2.24, 2.45) is 0 Å². The number of hydrogen-bond acceptors (Lipinski definition) is 4. The van der Waals surface area contributed by atoms with Crippen LogP contribution in [0.15, 0.2) is 22.7 Å². The second-order valence-electron chi connectivity index (χ2n) is 4.03. The van der Waals surface area contributed by atoms with Gasteiger partial charge in [0, 0.05) is 31.7 Å². The summed E-state index contributed by atoms with van der Waals surface area (Å²) in [6, 6.07) is 4.64. The zero-order valence-electron chi connectivity index (χ0n) is 10.4. The van der Waals surface area contributed by atoms with E-state index in [1.807, 2.05) is 0 Å². The van der Waals surface area contributed by atoms with E-state index >= 15 is 0 Å². The van der Waals surface area contributed by atoms with Gasteiger partial charge >= 0.3 is 0 Å². The van der Waals surface area contributed by atoms with Crippen LogP contribution in [-0.2, 0) is 4.79 Å². The van der Waals surface area contributed by atoms with E-state index in [4.69, 9.17) is 0 Å². The van der Waals surface area contributed by atoms with Crippen molar-refractivity contribution in [2.75, 3.05) is 32.6 Å². The standard InChI is InChI=1S/C11H14BrN3O3/c1-13(2)11(16)7-14(3)10-6-8(12)4-5-9(10)15(17)18/h4-6H,7H2,1-3H3. The Hall–Kier alpha value is -1.63. The third-order valence-electron chi connectivity index (χ3n) is 2.42. The quantitative estimate of drug-likeness (QED) is 0.628. The maximum atomic E-state index is 11.6. The van der Waals surface area contributed by atoms with Gasteiger partial charge in [-0.25, -0.2) is 0 Å². The summed E-state index contributed by atoms with van der Waals surface area (Å²) < 4.78 is 0.729. The number of benzene rings is 1. The molecule has 0 bridgehead atoms. The van der Waals surface area contributed by atoms with Crippen LogP contribution in [0.1, 0.15) is 0 Å². The van der Waals surface area contributed by atoms with Crippen LogP contribution in [0.25, 0.3) is 0 Å².